The molecular weight excluding hydrogens is 258 g/mol. The summed E-state index contributed by atoms with van der Waals surface area (Å²) in [6, 6.07) is 8.92. The summed E-state index contributed by atoms with van der Waals surface area (Å²) in [5, 5.41) is 3.66. The molecule has 21 heavy (non-hydrogen) atoms. The molecule has 3 heteroatoms. The van der Waals surface area contributed by atoms with Crippen LogP contribution in [0.3, 0.4) is 0 Å². The predicted molar refractivity (Wildman–Crippen MR) is 88.4 cm³/mol. The molecular formula is C18H27N3. The third kappa shape index (κ3) is 4.18. The molecule has 0 amide bonds. The zero-order valence-corrected chi connectivity index (χ0v) is 13.5. The molecule has 0 aliphatic carbocycles. The van der Waals surface area contributed by atoms with Crippen molar-refractivity contribution in [2.75, 3.05) is 6.54 Å². The number of aryl methyl sites for hydroxylation is 2. The van der Waals surface area contributed by atoms with E-state index >= 15 is 0 Å². The number of aromatic nitrogens is 2. The Balaban J connectivity index is 2.21. The van der Waals surface area contributed by atoms with Crippen molar-refractivity contribution in [3.63, 3.8) is 0 Å². The van der Waals surface area contributed by atoms with Gasteiger partial charge < -0.3 is 9.88 Å². The first kappa shape index (κ1) is 15.8. The van der Waals surface area contributed by atoms with Crippen molar-refractivity contribution in [3.8, 4) is 0 Å². The Morgan fingerprint density at radius 1 is 1.19 bits per heavy atom. The van der Waals surface area contributed by atoms with Crippen LogP contribution in [-0.2, 0) is 13.0 Å². The van der Waals surface area contributed by atoms with Gasteiger partial charge in [-0.1, -0.05) is 38.1 Å². The van der Waals surface area contributed by atoms with Crippen LogP contribution in [0.1, 0.15) is 49.7 Å². The molecule has 0 aliphatic heterocycles. The van der Waals surface area contributed by atoms with Crippen LogP contribution < -0.4 is 5.32 Å². The normalized spacial score (nSPS) is 12.5. The lowest BCUT2D eigenvalue weighted by Gasteiger charge is -2.20. The number of benzene rings is 1. The minimum absolute atomic E-state index is 0.285. The second-order valence-electron chi connectivity index (χ2n) is 5.62. The highest BCUT2D eigenvalue weighted by atomic mass is 15.1. The van der Waals surface area contributed by atoms with Crippen LogP contribution in [0.4, 0.5) is 0 Å². The molecule has 0 saturated heterocycles. The Labute approximate surface area is 128 Å². The molecule has 0 saturated carbocycles. The molecule has 1 unspecified atom stereocenters. The van der Waals surface area contributed by atoms with E-state index < -0.39 is 0 Å². The minimum atomic E-state index is 0.285. The van der Waals surface area contributed by atoms with E-state index in [1.165, 1.54) is 11.1 Å². The van der Waals surface area contributed by atoms with Gasteiger partial charge in [-0.3, -0.25) is 0 Å². The van der Waals surface area contributed by atoms with Crippen LogP contribution >= 0.6 is 0 Å². The van der Waals surface area contributed by atoms with E-state index in [2.05, 4.69) is 66.1 Å². The third-order valence-corrected chi connectivity index (χ3v) is 3.85. The van der Waals surface area contributed by atoms with Crippen molar-refractivity contribution in [3.05, 3.63) is 53.6 Å². The molecule has 2 aromatic rings. The number of nitrogens with one attached hydrogen (secondary N) is 1. The van der Waals surface area contributed by atoms with E-state index in [4.69, 9.17) is 0 Å². The lowest BCUT2D eigenvalue weighted by atomic mass is 10.0. The summed E-state index contributed by atoms with van der Waals surface area (Å²) in [5.41, 5.74) is 2.76. The minimum Gasteiger partial charge on any atom is -0.334 e. The first-order valence-electron chi connectivity index (χ1n) is 8.05. The molecule has 0 bridgehead atoms. The van der Waals surface area contributed by atoms with E-state index in [0.717, 1.165) is 38.2 Å². The maximum absolute atomic E-state index is 4.61. The molecule has 0 aliphatic rings. The van der Waals surface area contributed by atoms with Crippen LogP contribution in [-0.4, -0.2) is 16.1 Å². The van der Waals surface area contributed by atoms with Crippen molar-refractivity contribution < 1.29 is 0 Å². The zero-order valence-electron chi connectivity index (χ0n) is 13.5. The van der Waals surface area contributed by atoms with E-state index in [1.54, 1.807) is 0 Å². The first-order chi connectivity index (χ1) is 10.3. The number of nitrogens with zero attached hydrogens (tertiary/aromatic N) is 2. The number of hydrogen-bond donors (Lipinski definition) is 1. The molecule has 1 aromatic carbocycles. The number of imidazole rings is 1. The van der Waals surface area contributed by atoms with Gasteiger partial charge in [0.25, 0.3) is 0 Å². The summed E-state index contributed by atoms with van der Waals surface area (Å²) >= 11 is 0. The molecule has 0 radical (unpaired) electrons. The average molecular weight is 285 g/mol. The summed E-state index contributed by atoms with van der Waals surface area (Å²) in [5.74, 6) is 1.16. The molecule has 114 valence electrons. The van der Waals surface area contributed by atoms with Crippen LogP contribution in [0, 0.1) is 6.92 Å². The van der Waals surface area contributed by atoms with Gasteiger partial charge in [0.15, 0.2) is 0 Å². The topological polar surface area (TPSA) is 29.9 Å². The van der Waals surface area contributed by atoms with Crippen molar-refractivity contribution in [2.45, 2.75) is 52.6 Å². The van der Waals surface area contributed by atoms with Gasteiger partial charge in [-0.25, -0.2) is 4.98 Å². The largest absolute Gasteiger partial charge is 0.334 e. The Hall–Kier alpha value is -1.61. The fraction of sp³-hybridized carbons (Fsp3) is 0.500. The number of hydrogen-bond acceptors (Lipinski definition) is 2. The molecule has 0 fully saturated rings. The summed E-state index contributed by atoms with van der Waals surface area (Å²) < 4.78 is 2.28. The Kier molecular flexibility index (Phi) is 6.00. The fourth-order valence-corrected chi connectivity index (χ4v) is 2.69. The average Bonchev–Trinajstić information content (AvgIpc) is 2.94. The van der Waals surface area contributed by atoms with Gasteiger partial charge in [-0.2, -0.15) is 0 Å². The monoisotopic (exact) mass is 285 g/mol. The van der Waals surface area contributed by atoms with Gasteiger partial charge in [0.2, 0.25) is 0 Å². The van der Waals surface area contributed by atoms with Crippen molar-refractivity contribution in [1.82, 2.24) is 14.9 Å². The lowest BCUT2D eigenvalue weighted by Crippen LogP contribution is -2.27. The fourth-order valence-electron chi connectivity index (χ4n) is 2.69. The molecule has 1 aromatic heterocycles. The van der Waals surface area contributed by atoms with Crippen molar-refractivity contribution in [1.29, 1.82) is 0 Å². The van der Waals surface area contributed by atoms with Crippen LogP contribution in [0.25, 0.3) is 0 Å². The molecule has 3 nitrogen and oxygen atoms in total. The second-order valence-corrected chi connectivity index (χ2v) is 5.62. The van der Waals surface area contributed by atoms with Gasteiger partial charge in [0.1, 0.15) is 5.82 Å². The maximum Gasteiger partial charge on any atom is 0.126 e. The van der Waals surface area contributed by atoms with E-state index in [-0.39, 0.29) is 6.04 Å². The van der Waals surface area contributed by atoms with Crippen molar-refractivity contribution >= 4 is 0 Å². The van der Waals surface area contributed by atoms with Gasteiger partial charge >= 0.3 is 0 Å². The van der Waals surface area contributed by atoms with Crippen molar-refractivity contribution in [2.24, 2.45) is 0 Å². The smallest absolute Gasteiger partial charge is 0.126 e. The molecule has 1 atom stereocenters. The van der Waals surface area contributed by atoms with Crippen LogP contribution in [0.5, 0.6) is 0 Å². The molecule has 2 rings (SSSR count). The quantitative estimate of drug-likeness (QED) is 0.797. The SMILES string of the molecule is CCCNC(Cc1ccccc1C)c1nccn1CCC. The summed E-state index contributed by atoms with van der Waals surface area (Å²) in [4.78, 5) is 4.61. The highest BCUT2D eigenvalue weighted by Gasteiger charge is 2.17. The van der Waals surface area contributed by atoms with Crippen LogP contribution in [0.2, 0.25) is 0 Å². The zero-order chi connectivity index (χ0) is 15.1. The summed E-state index contributed by atoms with van der Waals surface area (Å²) in [7, 11) is 0. The van der Waals surface area contributed by atoms with Gasteiger partial charge in [-0.05, 0) is 43.9 Å². The van der Waals surface area contributed by atoms with Gasteiger partial charge in [0, 0.05) is 18.9 Å². The molecule has 0 spiro atoms. The second kappa shape index (κ2) is 7.99. The van der Waals surface area contributed by atoms with E-state index in [9.17, 15) is 0 Å². The standard InChI is InChI=1S/C18H27N3/c1-4-10-19-17(14-16-9-7-6-8-15(16)3)18-20-11-13-21(18)12-5-2/h6-9,11,13,17,19H,4-5,10,12,14H2,1-3H3. The Morgan fingerprint density at radius 3 is 2.71 bits per heavy atom. The Bertz CT molecular complexity index is 545. The maximum atomic E-state index is 4.61. The highest BCUT2D eigenvalue weighted by molar-refractivity contribution is 5.27. The van der Waals surface area contributed by atoms with Gasteiger partial charge in [0.05, 0.1) is 6.04 Å². The molecule has 1 N–H and O–H groups in total. The highest BCUT2D eigenvalue weighted by Crippen LogP contribution is 2.20. The van der Waals surface area contributed by atoms with E-state index in [0.29, 0.717) is 0 Å². The predicted octanol–water partition coefficient (Wildman–Crippen LogP) is 3.88. The first-order valence-corrected chi connectivity index (χ1v) is 8.05. The third-order valence-electron chi connectivity index (χ3n) is 3.85. The van der Waals surface area contributed by atoms with Gasteiger partial charge in [-0.15, -0.1) is 0 Å². The Morgan fingerprint density at radius 2 is 2.00 bits per heavy atom. The number of rotatable bonds is 8. The summed E-state index contributed by atoms with van der Waals surface area (Å²) in [6.45, 7) is 8.66. The van der Waals surface area contributed by atoms with E-state index in [1.807, 2.05) is 6.20 Å². The lowest BCUT2D eigenvalue weighted by molar-refractivity contribution is 0.475. The van der Waals surface area contributed by atoms with Crippen LogP contribution in [0.15, 0.2) is 36.7 Å². The molecule has 1 heterocycles. The summed E-state index contributed by atoms with van der Waals surface area (Å²) in [6.07, 6.45) is 7.28.